The van der Waals surface area contributed by atoms with Crippen molar-refractivity contribution in [2.75, 3.05) is 13.7 Å². The van der Waals surface area contributed by atoms with E-state index in [0.717, 1.165) is 37.6 Å². The minimum Gasteiger partial charge on any atom is -0.493 e. The molecule has 0 radical (unpaired) electrons. The van der Waals surface area contributed by atoms with E-state index in [4.69, 9.17) is 9.15 Å². The molecule has 2 fully saturated rings. The molecule has 2 N–H and O–H groups in total. The van der Waals surface area contributed by atoms with Crippen molar-refractivity contribution in [3.05, 3.63) is 30.0 Å². The van der Waals surface area contributed by atoms with E-state index < -0.39 is 0 Å². The number of carbonyl (C=O) groups excluding carboxylic acids is 1. The minimum atomic E-state index is -0.0838. The van der Waals surface area contributed by atoms with E-state index in [0.29, 0.717) is 22.9 Å². The smallest absolute Gasteiger partial charge is 0.255 e. The first-order valence-electron chi connectivity index (χ1n) is 7.84. The average Bonchev–Trinajstić information content (AvgIpc) is 3.18. The van der Waals surface area contributed by atoms with Gasteiger partial charge in [-0.05, 0) is 38.3 Å². The monoisotopic (exact) mass is 300 g/mol. The summed E-state index contributed by atoms with van der Waals surface area (Å²) in [4.78, 5) is 12.8. The molecule has 5 heteroatoms. The molecule has 4 rings (SSSR count). The summed E-state index contributed by atoms with van der Waals surface area (Å²) < 4.78 is 10.9. The lowest BCUT2D eigenvalue weighted by atomic mass is 9.92. The van der Waals surface area contributed by atoms with Crippen LogP contribution in [-0.2, 0) is 0 Å². The summed E-state index contributed by atoms with van der Waals surface area (Å²) in [7, 11) is 1.60. The van der Waals surface area contributed by atoms with Gasteiger partial charge in [0.1, 0.15) is 6.26 Å². The van der Waals surface area contributed by atoms with Crippen LogP contribution in [0.15, 0.2) is 28.9 Å². The number of rotatable bonds is 3. The zero-order valence-electron chi connectivity index (χ0n) is 12.6. The van der Waals surface area contributed by atoms with Gasteiger partial charge in [0, 0.05) is 11.4 Å². The van der Waals surface area contributed by atoms with Crippen molar-refractivity contribution in [3.8, 4) is 5.75 Å². The third-order valence-corrected chi connectivity index (χ3v) is 5.14. The van der Waals surface area contributed by atoms with Gasteiger partial charge in [-0.25, -0.2) is 0 Å². The Morgan fingerprint density at radius 1 is 1.45 bits per heavy atom. The van der Waals surface area contributed by atoms with Gasteiger partial charge in [0.05, 0.1) is 18.2 Å². The molecule has 22 heavy (non-hydrogen) atoms. The molecule has 0 spiro atoms. The van der Waals surface area contributed by atoms with Gasteiger partial charge in [-0.1, -0.05) is 12.1 Å². The molecule has 1 amide bonds. The van der Waals surface area contributed by atoms with E-state index in [-0.39, 0.29) is 11.4 Å². The molecule has 2 aliphatic rings. The normalized spacial score (nSPS) is 27.0. The number of benzene rings is 1. The van der Waals surface area contributed by atoms with Crippen molar-refractivity contribution in [2.45, 2.75) is 37.3 Å². The van der Waals surface area contributed by atoms with Crippen LogP contribution in [0.3, 0.4) is 0 Å². The summed E-state index contributed by atoms with van der Waals surface area (Å²) >= 11 is 0. The van der Waals surface area contributed by atoms with Gasteiger partial charge >= 0.3 is 0 Å². The molecular weight excluding hydrogens is 280 g/mol. The first-order chi connectivity index (χ1) is 10.7. The van der Waals surface area contributed by atoms with Crippen molar-refractivity contribution in [3.63, 3.8) is 0 Å². The molecule has 2 aromatic rings. The maximum absolute atomic E-state index is 12.8. The SMILES string of the molecule is COc1cccc2c(C(=O)NC34CCCC3NCC4)coc12. The number of nitrogens with one attached hydrogen (secondary N) is 2. The lowest BCUT2D eigenvalue weighted by molar-refractivity contribution is 0.0898. The molecule has 1 aromatic heterocycles. The minimum absolute atomic E-state index is 0.0531. The van der Waals surface area contributed by atoms with Crippen LogP contribution in [0, 0.1) is 0 Å². The molecule has 2 unspecified atom stereocenters. The van der Waals surface area contributed by atoms with E-state index in [1.165, 1.54) is 6.26 Å². The van der Waals surface area contributed by atoms with Crippen LogP contribution in [0.1, 0.15) is 36.0 Å². The molecule has 2 atom stereocenters. The van der Waals surface area contributed by atoms with E-state index in [9.17, 15) is 4.79 Å². The molecular formula is C17H20N2O3. The predicted molar refractivity (Wildman–Crippen MR) is 83.2 cm³/mol. The van der Waals surface area contributed by atoms with Gasteiger partial charge in [0.2, 0.25) is 0 Å². The van der Waals surface area contributed by atoms with Crippen LogP contribution in [0.2, 0.25) is 0 Å². The number of hydrogen-bond acceptors (Lipinski definition) is 4. The quantitative estimate of drug-likeness (QED) is 0.914. The molecule has 1 aromatic carbocycles. The summed E-state index contributed by atoms with van der Waals surface area (Å²) in [5.41, 5.74) is 1.13. The second kappa shape index (κ2) is 5.02. The van der Waals surface area contributed by atoms with Gasteiger partial charge in [-0.2, -0.15) is 0 Å². The Morgan fingerprint density at radius 2 is 2.36 bits per heavy atom. The largest absolute Gasteiger partial charge is 0.493 e. The Morgan fingerprint density at radius 3 is 3.23 bits per heavy atom. The highest BCUT2D eigenvalue weighted by atomic mass is 16.5. The zero-order valence-corrected chi connectivity index (χ0v) is 12.6. The van der Waals surface area contributed by atoms with Crippen LogP contribution >= 0.6 is 0 Å². The average molecular weight is 300 g/mol. The number of amides is 1. The van der Waals surface area contributed by atoms with E-state index in [2.05, 4.69) is 10.6 Å². The first kappa shape index (κ1) is 13.6. The number of methoxy groups -OCH3 is 1. The fourth-order valence-corrected chi connectivity index (χ4v) is 4.01. The predicted octanol–water partition coefficient (Wildman–Crippen LogP) is 2.46. The lowest BCUT2D eigenvalue weighted by Crippen LogP contribution is -2.52. The van der Waals surface area contributed by atoms with Gasteiger partial charge < -0.3 is 19.8 Å². The molecule has 1 saturated carbocycles. The highest BCUT2D eigenvalue weighted by Gasteiger charge is 2.47. The Balaban J connectivity index is 1.66. The van der Waals surface area contributed by atoms with Gasteiger partial charge in [0.25, 0.3) is 5.91 Å². The third-order valence-electron chi connectivity index (χ3n) is 5.14. The van der Waals surface area contributed by atoms with Crippen LogP contribution in [-0.4, -0.2) is 31.1 Å². The molecule has 1 aliphatic carbocycles. The van der Waals surface area contributed by atoms with Gasteiger partial charge in [0.15, 0.2) is 11.3 Å². The highest BCUT2D eigenvalue weighted by Crippen LogP contribution is 2.37. The number of ether oxygens (including phenoxy) is 1. The lowest BCUT2D eigenvalue weighted by Gasteiger charge is -2.30. The Bertz CT molecular complexity index is 712. The first-order valence-corrected chi connectivity index (χ1v) is 7.84. The standard InChI is InChI=1S/C17H20N2O3/c1-21-13-5-2-4-11-12(10-22-15(11)13)16(20)19-17-7-3-6-14(17)18-9-8-17/h2,4-5,10,14,18H,3,6-9H2,1H3,(H,19,20). The van der Waals surface area contributed by atoms with Crippen LogP contribution in [0.25, 0.3) is 11.0 Å². The second-order valence-corrected chi connectivity index (χ2v) is 6.25. The van der Waals surface area contributed by atoms with Crippen LogP contribution in [0.5, 0.6) is 5.75 Å². The molecule has 116 valence electrons. The number of hydrogen-bond donors (Lipinski definition) is 2. The van der Waals surface area contributed by atoms with Crippen molar-refractivity contribution in [1.82, 2.24) is 10.6 Å². The molecule has 1 aliphatic heterocycles. The summed E-state index contributed by atoms with van der Waals surface area (Å²) in [6, 6.07) is 6.01. The number of fused-ring (bicyclic) bond motifs is 2. The molecule has 0 bridgehead atoms. The summed E-state index contributed by atoms with van der Waals surface area (Å²) in [5, 5.41) is 7.59. The van der Waals surface area contributed by atoms with Gasteiger partial charge in [-0.3, -0.25) is 4.79 Å². The van der Waals surface area contributed by atoms with E-state index >= 15 is 0 Å². The van der Waals surface area contributed by atoms with Crippen molar-refractivity contribution < 1.29 is 13.9 Å². The molecule has 2 heterocycles. The van der Waals surface area contributed by atoms with Gasteiger partial charge in [-0.15, -0.1) is 0 Å². The van der Waals surface area contributed by atoms with Crippen LogP contribution in [0.4, 0.5) is 0 Å². The van der Waals surface area contributed by atoms with E-state index in [1.807, 2.05) is 18.2 Å². The Kier molecular flexibility index (Phi) is 3.11. The van der Waals surface area contributed by atoms with Crippen LogP contribution < -0.4 is 15.4 Å². The Labute approximate surface area is 129 Å². The summed E-state index contributed by atoms with van der Waals surface area (Å²) in [6.45, 7) is 0.977. The summed E-state index contributed by atoms with van der Waals surface area (Å²) in [6.07, 6.45) is 5.89. The highest BCUT2D eigenvalue weighted by molar-refractivity contribution is 6.07. The maximum atomic E-state index is 12.8. The number of carbonyl (C=O) groups is 1. The zero-order chi connectivity index (χ0) is 15.2. The van der Waals surface area contributed by atoms with Crippen molar-refractivity contribution in [2.24, 2.45) is 0 Å². The fraction of sp³-hybridized carbons (Fsp3) is 0.471. The van der Waals surface area contributed by atoms with Crippen molar-refractivity contribution >= 4 is 16.9 Å². The fourth-order valence-electron chi connectivity index (χ4n) is 4.01. The number of furan rings is 1. The maximum Gasteiger partial charge on any atom is 0.255 e. The third kappa shape index (κ3) is 1.92. The van der Waals surface area contributed by atoms with Crippen molar-refractivity contribution in [1.29, 1.82) is 0 Å². The molecule has 5 nitrogen and oxygen atoms in total. The topological polar surface area (TPSA) is 63.5 Å². The van der Waals surface area contributed by atoms with E-state index in [1.54, 1.807) is 7.11 Å². The number of para-hydroxylation sites is 1. The second-order valence-electron chi connectivity index (χ2n) is 6.25. The molecule has 1 saturated heterocycles. The Hall–Kier alpha value is -2.01. The summed E-state index contributed by atoms with van der Waals surface area (Å²) in [5.74, 6) is 0.596.